The second-order valence-electron chi connectivity index (χ2n) is 9.60. The van der Waals surface area contributed by atoms with Crippen LogP contribution in [0.3, 0.4) is 0 Å². The second kappa shape index (κ2) is 11.4. The van der Waals surface area contributed by atoms with Crippen LogP contribution in [0.2, 0.25) is 0 Å². The first-order chi connectivity index (χ1) is 18.9. The van der Waals surface area contributed by atoms with Crippen LogP contribution < -0.4 is 21.5 Å². The number of amides is 2. The van der Waals surface area contributed by atoms with Crippen molar-refractivity contribution >= 4 is 40.6 Å². The molecule has 0 aromatic heterocycles. The van der Waals surface area contributed by atoms with E-state index in [2.05, 4.69) is 10.6 Å². The molecule has 3 aromatic rings. The second-order valence-corrected chi connectivity index (χ2v) is 10.7. The summed E-state index contributed by atoms with van der Waals surface area (Å²) in [4.78, 5) is 54.2. The minimum Gasteiger partial charge on any atom is -0.505 e. The molecule has 0 bridgehead atoms. The molecule has 3 N–H and O–H groups in total. The van der Waals surface area contributed by atoms with Gasteiger partial charge in [-0.25, -0.2) is 0 Å². The molecule has 0 radical (unpaired) electrons. The standard InChI is InChI=1S/C29H30N4O5S/c1-2-20(18-8-4-3-5-9-18)30-23-24(27(36)26(23)35)31-21-11-6-10-19(25(21)34)28(37)32-13-15-33(16-14-32)29(38)22-12-7-17-39-22/h3-11,17,20,22,30-31,34H,2,12-16H2,1H3/t20-,22?/m1/s1. The third-order valence-corrected chi connectivity index (χ3v) is 8.28. The Labute approximate surface area is 230 Å². The molecular formula is C29H30N4O5S. The number of phenols is 1. The topological polar surface area (TPSA) is 119 Å². The smallest absolute Gasteiger partial charge is 0.257 e. The summed E-state index contributed by atoms with van der Waals surface area (Å²) in [5, 5.41) is 18.9. The number of para-hydroxylation sites is 1. The van der Waals surface area contributed by atoms with Crippen molar-refractivity contribution in [1.82, 2.24) is 9.80 Å². The molecule has 10 heteroatoms. The number of piperazine rings is 1. The monoisotopic (exact) mass is 546 g/mol. The minimum absolute atomic E-state index is 0.0562. The number of aromatic hydroxyl groups is 1. The Balaban J connectivity index is 1.28. The summed E-state index contributed by atoms with van der Waals surface area (Å²) >= 11 is 1.52. The highest BCUT2D eigenvalue weighted by molar-refractivity contribution is 8.03. The van der Waals surface area contributed by atoms with Crippen molar-refractivity contribution in [2.24, 2.45) is 0 Å². The fourth-order valence-electron chi connectivity index (χ4n) is 4.93. The third kappa shape index (κ3) is 5.29. The fraction of sp³-hybridized carbons (Fsp3) is 0.310. The number of allylic oxidation sites excluding steroid dienone is 1. The highest BCUT2D eigenvalue weighted by Gasteiger charge is 2.31. The third-order valence-electron chi connectivity index (χ3n) is 7.21. The summed E-state index contributed by atoms with van der Waals surface area (Å²) in [6.45, 7) is 3.55. The van der Waals surface area contributed by atoms with E-state index in [1.165, 1.54) is 17.8 Å². The van der Waals surface area contributed by atoms with Gasteiger partial charge < -0.3 is 25.5 Å². The maximum absolute atomic E-state index is 13.3. The summed E-state index contributed by atoms with van der Waals surface area (Å²) < 4.78 is 0. The van der Waals surface area contributed by atoms with Crippen LogP contribution in [0.5, 0.6) is 5.75 Å². The van der Waals surface area contributed by atoms with E-state index in [0.717, 1.165) is 12.0 Å². The SMILES string of the molecule is CC[C@@H](Nc1c(Nc2cccc(C(=O)N3CCN(C(=O)C4CC=CS4)CC3)c2O)c(=O)c1=O)c1ccccc1. The number of hydrogen-bond donors (Lipinski definition) is 3. The molecule has 0 saturated carbocycles. The number of nitrogens with zero attached hydrogens (tertiary/aromatic N) is 2. The van der Waals surface area contributed by atoms with Crippen molar-refractivity contribution < 1.29 is 14.7 Å². The molecule has 9 nitrogen and oxygen atoms in total. The zero-order valence-electron chi connectivity index (χ0n) is 21.6. The summed E-state index contributed by atoms with van der Waals surface area (Å²) in [6, 6.07) is 14.1. The van der Waals surface area contributed by atoms with Crippen LogP contribution in [0, 0.1) is 0 Å². The maximum atomic E-state index is 13.3. The van der Waals surface area contributed by atoms with E-state index < -0.39 is 10.9 Å². The van der Waals surface area contributed by atoms with Gasteiger partial charge in [-0.2, -0.15) is 0 Å². The largest absolute Gasteiger partial charge is 0.505 e. The molecule has 1 unspecified atom stereocenters. The number of carbonyl (C=O) groups excluding carboxylic acids is 2. The molecule has 2 heterocycles. The Bertz CT molecular complexity index is 1470. The van der Waals surface area contributed by atoms with Gasteiger partial charge in [0.1, 0.15) is 11.4 Å². The van der Waals surface area contributed by atoms with Crippen molar-refractivity contribution in [3.05, 3.63) is 91.6 Å². The normalized spacial score (nSPS) is 17.8. The van der Waals surface area contributed by atoms with Gasteiger partial charge in [-0.15, -0.1) is 11.8 Å². The van der Waals surface area contributed by atoms with Crippen LogP contribution in [-0.4, -0.2) is 58.1 Å². The van der Waals surface area contributed by atoms with E-state index in [4.69, 9.17) is 0 Å². The fourth-order valence-corrected chi connectivity index (χ4v) is 5.83. The summed E-state index contributed by atoms with van der Waals surface area (Å²) in [5.41, 5.74) is 0.118. The molecule has 1 saturated heterocycles. The lowest BCUT2D eigenvalue weighted by molar-refractivity contribution is -0.131. The number of benzene rings is 2. The quantitative estimate of drug-likeness (QED) is 0.290. The van der Waals surface area contributed by atoms with Gasteiger partial charge in [0, 0.05) is 26.2 Å². The number of nitrogens with one attached hydrogen (secondary N) is 2. The van der Waals surface area contributed by atoms with Crippen molar-refractivity contribution in [1.29, 1.82) is 0 Å². The van der Waals surface area contributed by atoms with E-state index in [-0.39, 0.29) is 51.5 Å². The van der Waals surface area contributed by atoms with Gasteiger partial charge in [0.25, 0.3) is 16.8 Å². The number of carbonyl (C=O) groups is 2. The first-order valence-corrected chi connectivity index (χ1v) is 14.0. The molecule has 0 spiro atoms. The Kier molecular flexibility index (Phi) is 7.74. The zero-order chi connectivity index (χ0) is 27.5. The Morgan fingerprint density at radius 2 is 1.67 bits per heavy atom. The van der Waals surface area contributed by atoms with Gasteiger partial charge in [-0.3, -0.25) is 19.2 Å². The summed E-state index contributed by atoms with van der Waals surface area (Å²) in [7, 11) is 0. The molecule has 3 aromatic carbocycles. The predicted molar refractivity (Wildman–Crippen MR) is 153 cm³/mol. The van der Waals surface area contributed by atoms with Crippen LogP contribution in [0.1, 0.15) is 41.7 Å². The Morgan fingerprint density at radius 3 is 2.33 bits per heavy atom. The lowest BCUT2D eigenvalue weighted by Crippen LogP contribution is -2.52. The molecule has 0 aliphatic carbocycles. The number of rotatable bonds is 8. The molecule has 2 aliphatic heterocycles. The highest BCUT2D eigenvalue weighted by Crippen LogP contribution is 2.34. The van der Waals surface area contributed by atoms with Gasteiger partial charge in [-0.1, -0.05) is 49.4 Å². The van der Waals surface area contributed by atoms with E-state index >= 15 is 0 Å². The molecule has 39 heavy (non-hydrogen) atoms. The molecule has 1 fully saturated rings. The summed E-state index contributed by atoms with van der Waals surface area (Å²) in [5.74, 6) is -0.580. The van der Waals surface area contributed by atoms with E-state index in [0.29, 0.717) is 32.6 Å². The molecule has 2 atom stereocenters. The molecular weight excluding hydrogens is 516 g/mol. The first kappa shape index (κ1) is 26.6. The van der Waals surface area contributed by atoms with E-state index in [9.17, 15) is 24.3 Å². The number of phenolic OH excluding ortho intramolecular Hbond substituents is 1. The molecule has 5 rings (SSSR count). The van der Waals surface area contributed by atoms with Crippen LogP contribution in [0.15, 0.2) is 69.6 Å². The Hall–Kier alpha value is -4.05. The van der Waals surface area contributed by atoms with Crippen LogP contribution in [0.25, 0.3) is 0 Å². The molecule has 2 amide bonds. The first-order valence-electron chi connectivity index (χ1n) is 13.0. The zero-order valence-corrected chi connectivity index (χ0v) is 22.4. The van der Waals surface area contributed by atoms with Crippen molar-refractivity contribution in [3.63, 3.8) is 0 Å². The van der Waals surface area contributed by atoms with Crippen molar-refractivity contribution in [3.8, 4) is 5.75 Å². The van der Waals surface area contributed by atoms with Gasteiger partial charge >= 0.3 is 0 Å². The van der Waals surface area contributed by atoms with Gasteiger partial charge in [0.15, 0.2) is 5.75 Å². The Morgan fingerprint density at radius 1 is 0.974 bits per heavy atom. The molecule has 202 valence electrons. The van der Waals surface area contributed by atoms with Gasteiger partial charge in [-0.05, 0) is 35.9 Å². The average Bonchev–Trinajstić information content (AvgIpc) is 3.52. The van der Waals surface area contributed by atoms with Crippen LogP contribution >= 0.6 is 11.8 Å². The average molecular weight is 547 g/mol. The van der Waals surface area contributed by atoms with E-state index in [1.807, 2.05) is 48.7 Å². The lowest BCUT2D eigenvalue weighted by Gasteiger charge is -2.36. The summed E-state index contributed by atoms with van der Waals surface area (Å²) in [6.07, 6.45) is 3.40. The van der Waals surface area contributed by atoms with Crippen LogP contribution in [0.4, 0.5) is 17.1 Å². The number of thioether (sulfide) groups is 1. The van der Waals surface area contributed by atoms with E-state index in [1.54, 1.807) is 21.9 Å². The highest BCUT2D eigenvalue weighted by atomic mass is 32.2. The van der Waals surface area contributed by atoms with Gasteiger partial charge in [0.2, 0.25) is 5.91 Å². The van der Waals surface area contributed by atoms with Crippen molar-refractivity contribution in [2.45, 2.75) is 31.1 Å². The lowest BCUT2D eigenvalue weighted by atomic mass is 10.0. The maximum Gasteiger partial charge on any atom is 0.257 e. The van der Waals surface area contributed by atoms with Crippen molar-refractivity contribution in [2.75, 3.05) is 36.8 Å². The number of hydrogen-bond acceptors (Lipinski definition) is 8. The van der Waals surface area contributed by atoms with Gasteiger partial charge in [0.05, 0.1) is 22.5 Å². The predicted octanol–water partition coefficient (Wildman–Crippen LogP) is 3.60. The number of anilines is 3. The minimum atomic E-state index is -0.687. The molecule has 2 aliphatic rings. The van der Waals surface area contributed by atoms with Crippen LogP contribution in [-0.2, 0) is 4.79 Å².